The topological polar surface area (TPSA) is 111 Å². The van der Waals surface area contributed by atoms with Gasteiger partial charge < -0.3 is 0 Å². The van der Waals surface area contributed by atoms with Crippen molar-refractivity contribution in [1.29, 1.82) is 0 Å². The summed E-state index contributed by atoms with van der Waals surface area (Å²) < 4.78 is 0. The average Bonchev–Trinajstić information content (AvgIpc) is 2.91. The van der Waals surface area contributed by atoms with Gasteiger partial charge in [-0.3, -0.25) is 20.2 Å². The Morgan fingerprint density at radius 2 is 0.694 bits per heavy atom. The Morgan fingerprint density at radius 3 is 0.944 bits per heavy atom. The highest BCUT2D eigenvalue weighted by Gasteiger charge is 2.03. The third-order valence-corrected chi connectivity index (χ3v) is 4.87. The second-order valence-electron chi connectivity index (χ2n) is 7.40. The van der Waals surface area contributed by atoms with Crippen LogP contribution in [0, 0.1) is 43.9 Å². The molecule has 0 aromatic heterocycles. The molecule has 0 aliphatic heterocycles. The van der Waals surface area contributed by atoms with Crippen LogP contribution in [0.15, 0.2) is 107 Å². The first-order valence-corrected chi connectivity index (χ1v) is 10.6. The zero-order valence-corrected chi connectivity index (χ0v) is 18.7. The predicted octanol–water partition coefficient (Wildman–Crippen LogP) is 6.72. The van der Waals surface area contributed by atoms with Gasteiger partial charge in [-0.25, -0.2) is 0 Å². The maximum absolute atomic E-state index is 10.7. The maximum Gasteiger partial charge on any atom is 0.269 e. The van der Waals surface area contributed by atoms with Gasteiger partial charge in [-0.1, -0.05) is 23.7 Å². The summed E-state index contributed by atoms with van der Waals surface area (Å²) >= 11 is 0. The Labute approximate surface area is 206 Å². The molecule has 4 aromatic carbocycles. The van der Waals surface area contributed by atoms with E-state index in [0.29, 0.717) is 22.5 Å². The Bertz CT molecular complexity index is 1430. The monoisotopic (exact) mass is 472 g/mol. The molecule has 0 bridgehead atoms. The summed E-state index contributed by atoms with van der Waals surface area (Å²) in [6, 6.07) is 26.6. The summed E-state index contributed by atoms with van der Waals surface area (Å²) in [6.07, 6.45) is 0. The summed E-state index contributed by atoms with van der Waals surface area (Å²) in [5, 5.41) is 29.9. The SMILES string of the molecule is O=[N+]([O-])c1ccc(C#Cc2ccc(N=Nc3ccc(C#Cc4ccc([N+](=O)[O-])cc4)cc3)cc2)cc1. The van der Waals surface area contributed by atoms with E-state index in [1.165, 1.54) is 24.3 Å². The second-order valence-corrected chi connectivity index (χ2v) is 7.40. The molecular weight excluding hydrogens is 456 g/mol. The van der Waals surface area contributed by atoms with Gasteiger partial charge in [0.25, 0.3) is 11.4 Å². The van der Waals surface area contributed by atoms with E-state index in [9.17, 15) is 20.2 Å². The number of hydrogen-bond acceptors (Lipinski definition) is 6. The van der Waals surface area contributed by atoms with Crippen LogP contribution in [-0.2, 0) is 0 Å². The lowest BCUT2D eigenvalue weighted by Gasteiger charge is -1.96. The normalized spacial score (nSPS) is 10.1. The summed E-state index contributed by atoms with van der Waals surface area (Å²) in [5.74, 6) is 12.0. The Hall–Kier alpha value is -5.60. The Morgan fingerprint density at radius 1 is 0.444 bits per heavy atom. The van der Waals surface area contributed by atoms with E-state index in [4.69, 9.17) is 0 Å². The molecule has 0 saturated carbocycles. The zero-order chi connectivity index (χ0) is 25.3. The van der Waals surface area contributed by atoms with Crippen LogP contribution in [0.1, 0.15) is 22.3 Å². The van der Waals surface area contributed by atoms with Gasteiger partial charge in [0.1, 0.15) is 0 Å². The lowest BCUT2D eigenvalue weighted by Crippen LogP contribution is -1.86. The minimum atomic E-state index is -0.447. The molecule has 0 radical (unpaired) electrons. The van der Waals surface area contributed by atoms with Crippen molar-refractivity contribution in [3.8, 4) is 23.7 Å². The van der Waals surface area contributed by atoms with Crippen LogP contribution in [0.3, 0.4) is 0 Å². The van der Waals surface area contributed by atoms with Gasteiger partial charge in [0.2, 0.25) is 0 Å². The second kappa shape index (κ2) is 11.0. The molecular formula is C28H16N4O4. The molecule has 0 fully saturated rings. The number of non-ortho nitro benzene ring substituents is 2. The number of benzene rings is 4. The number of azo groups is 1. The van der Waals surface area contributed by atoms with E-state index in [2.05, 4.69) is 33.9 Å². The highest BCUT2D eigenvalue weighted by atomic mass is 16.6. The van der Waals surface area contributed by atoms with E-state index < -0.39 is 9.85 Å². The van der Waals surface area contributed by atoms with Gasteiger partial charge in [0, 0.05) is 46.5 Å². The first kappa shape index (κ1) is 23.6. The van der Waals surface area contributed by atoms with Crippen molar-refractivity contribution in [2.75, 3.05) is 0 Å². The lowest BCUT2D eigenvalue weighted by molar-refractivity contribution is -0.385. The van der Waals surface area contributed by atoms with Crippen LogP contribution < -0.4 is 0 Å². The van der Waals surface area contributed by atoms with Crippen LogP contribution in [0.25, 0.3) is 0 Å². The van der Waals surface area contributed by atoms with Crippen molar-refractivity contribution in [2.45, 2.75) is 0 Å². The largest absolute Gasteiger partial charge is 0.269 e. The maximum atomic E-state index is 10.7. The summed E-state index contributed by atoms with van der Waals surface area (Å²) in [7, 11) is 0. The molecule has 0 aliphatic rings. The molecule has 8 heteroatoms. The first-order valence-electron chi connectivity index (χ1n) is 10.6. The molecule has 0 amide bonds. The molecule has 0 atom stereocenters. The molecule has 4 rings (SSSR count). The van der Waals surface area contributed by atoms with E-state index in [1.54, 1.807) is 48.5 Å². The highest BCUT2D eigenvalue weighted by Crippen LogP contribution is 2.19. The molecule has 0 N–H and O–H groups in total. The number of hydrogen-bond donors (Lipinski definition) is 0. The molecule has 0 unspecified atom stereocenters. The molecule has 36 heavy (non-hydrogen) atoms. The van der Waals surface area contributed by atoms with Crippen LogP contribution in [0.5, 0.6) is 0 Å². The number of nitrogens with zero attached hydrogens (tertiary/aromatic N) is 4. The number of nitro groups is 2. The van der Waals surface area contributed by atoms with Crippen LogP contribution in [0.4, 0.5) is 22.7 Å². The summed E-state index contributed by atoms with van der Waals surface area (Å²) in [6.45, 7) is 0. The van der Waals surface area contributed by atoms with Crippen molar-refractivity contribution in [3.63, 3.8) is 0 Å². The van der Waals surface area contributed by atoms with Crippen molar-refractivity contribution in [1.82, 2.24) is 0 Å². The average molecular weight is 472 g/mol. The first-order chi connectivity index (χ1) is 17.5. The fraction of sp³-hybridized carbons (Fsp3) is 0. The quantitative estimate of drug-likeness (QED) is 0.142. The van der Waals surface area contributed by atoms with Gasteiger partial charge in [-0.05, 0) is 72.8 Å². The van der Waals surface area contributed by atoms with Crippen molar-refractivity contribution in [3.05, 3.63) is 140 Å². The zero-order valence-electron chi connectivity index (χ0n) is 18.7. The van der Waals surface area contributed by atoms with E-state index >= 15 is 0 Å². The molecule has 0 heterocycles. The molecule has 0 aliphatic carbocycles. The van der Waals surface area contributed by atoms with Gasteiger partial charge >= 0.3 is 0 Å². The third kappa shape index (κ3) is 6.47. The predicted molar refractivity (Wildman–Crippen MR) is 135 cm³/mol. The summed E-state index contributed by atoms with van der Waals surface area (Å²) in [5.41, 5.74) is 4.32. The number of nitro benzene ring substituents is 2. The summed E-state index contributed by atoms with van der Waals surface area (Å²) in [4.78, 5) is 20.5. The molecule has 0 spiro atoms. The Balaban J connectivity index is 1.36. The fourth-order valence-electron chi connectivity index (χ4n) is 2.96. The third-order valence-electron chi connectivity index (χ3n) is 4.87. The molecule has 4 aromatic rings. The standard InChI is InChI=1S/C28H16N4O4/c33-31(34)27-17-9-23(10-18-27)3-1-21-5-13-25(14-6-21)29-30-26-15-7-22(8-16-26)2-4-24-11-19-28(20-12-24)32(35)36/h5-20H. The van der Waals surface area contributed by atoms with Crippen molar-refractivity contribution >= 4 is 22.7 Å². The van der Waals surface area contributed by atoms with Crippen LogP contribution in [0.2, 0.25) is 0 Å². The molecule has 0 saturated heterocycles. The molecule has 8 nitrogen and oxygen atoms in total. The number of rotatable bonds is 4. The van der Waals surface area contributed by atoms with Crippen molar-refractivity contribution < 1.29 is 9.85 Å². The van der Waals surface area contributed by atoms with E-state index in [1.807, 2.05) is 24.3 Å². The van der Waals surface area contributed by atoms with E-state index in [-0.39, 0.29) is 11.4 Å². The minimum absolute atomic E-state index is 0.0279. The lowest BCUT2D eigenvalue weighted by atomic mass is 10.1. The minimum Gasteiger partial charge on any atom is -0.258 e. The highest BCUT2D eigenvalue weighted by molar-refractivity contribution is 5.50. The fourth-order valence-corrected chi connectivity index (χ4v) is 2.96. The van der Waals surface area contributed by atoms with Crippen LogP contribution >= 0.6 is 0 Å². The van der Waals surface area contributed by atoms with Gasteiger partial charge in [-0.15, -0.1) is 0 Å². The van der Waals surface area contributed by atoms with Gasteiger partial charge in [0.05, 0.1) is 21.2 Å². The van der Waals surface area contributed by atoms with Gasteiger partial charge in [0.15, 0.2) is 0 Å². The van der Waals surface area contributed by atoms with Crippen molar-refractivity contribution in [2.24, 2.45) is 10.2 Å². The van der Waals surface area contributed by atoms with Gasteiger partial charge in [-0.2, -0.15) is 10.2 Å². The smallest absolute Gasteiger partial charge is 0.258 e. The van der Waals surface area contributed by atoms with Crippen LogP contribution in [-0.4, -0.2) is 9.85 Å². The Kier molecular flexibility index (Phi) is 7.21. The van der Waals surface area contributed by atoms with E-state index in [0.717, 1.165) is 11.1 Å². The molecule has 172 valence electrons.